The van der Waals surface area contributed by atoms with Gasteiger partial charge in [-0.25, -0.2) is 15.0 Å². The molecule has 0 saturated carbocycles. The monoisotopic (exact) mass is 532 g/mol. The normalized spacial score (nSPS) is 18.0. The third kappa shape index (κ3) is 5.55. The van der Waals surface area contributed by atoms with E-state index in [1.165, 1.54) is 21.4 Å². The maximum absolute atomic E-state index is 6.04. The lowest BCUT2D eigenvalue weighted by molar-refractivity contribution is -0.0379. The molecule has 1 saturated heterocycles. The molecule has 0 aliphatic carbocycles. The van der Waals surface area contributed by atoms with E-state index in [1.807, 2.05) is 25.4 Å². The van der Waals surface area contributed by atoms with Gasteiger partial charge in [-0.1, -0.05) is 12.1 Å². The van der Waals surface area contributed by atoms with Crippen molar-refractivity contribution in [2.45, 2.75) is 71.4 Å². The highest BCUT2D eigenvalue weighted by atomic mass is 32.1. The van der Waals surface area contributed by atoms with Crippen LogP contribution in [0, 0.1) is 6.92 Å². The van der Waals surface area contributed by atoms with Crippen molar-refractivity contribution < 1.29 is 9.47 Å². The van der Waals surface area contributed by atoms with Crippen molar-refractivity contribution in [3.05, 3.63) is 64.8 Å². The number of nitrogens with one attached hydrogen (secondary N) is 1. The summed E-state index contributed by atoms with van der Waals surface area (Å²) >= 11 is 1.75. The van der Waals surface area contributed by atoms with Crippen molar-refractivity contribution >= 4 is 27.4 Å². The van der Waals surface area contributed by atoms with Crippen LogP contribution in [-0.2, 0) is 30.9 Å². The predicted octanol–water partition coefficient (Wildman–Crippen LogP) is 5.20. The second-order valence-corrected chi connectivity index (χ2v) is 12.1. The number of rotatable bonds is 8. The number of hydrogen-bond donors (Lipinski definition) is 1. The zero-order valence-electron chi connectivity index (χ0n) is 22.4. The van der Waals surface area contributed by atoms with Crippen molar-refractivity contribution in [2.24, 2.45) is 0 Å². The van der Waals surface area contributed by atoms with E-state index in [2.05, 4.69) is 61.8 Å². The summed E-state index contributed by atoms with van der Waals surface area (Å²) in [6.07, 6.45) is 8.59. The van der Waals surface area contributed by atoms with Crippen LogP contribution in [0.15, 0.2) is 43.0 Å². The fourth-order valence-corrected chi connectivity index (χ4v) is 6.58. The predicted molar refractivity (Wildman–Crippen MR) is 151 cm³/mol. The van der Waals surface area contributed by atoms with Crippen LogP contribution in [-0.4, -0.2) is 55.8 Å². The fraction of sp³-hybridized carbons (Fsp3) is 0.483. The standard InChI is InChI=1S/C29H36N6O2S/c1-20-30-9-12-35(20)13-14-36-23-6-4-5-21(15-23)17-34-10-7-22(8-11-34)33-27-26-24-16-29(2,3)37-18-25(24)38-28(26)32-19-31-27/h4-6,9,12,15,19,22H,7-8,10-11,13-14,16-18H2,1-3H3,(H,31,32,33). The van der Waals surface area contributed by atoms with E-state index in [-0.39, 0.29) is 5.60 Å². The van der Waals surface area contributed by atoms with Crippen molar-refractivity contribution in [3.8, 4) is 5.75 Å². The number of benzene rings is 1. The quantitative estimate of drug-likeness (QED) is 0.334. The highest BCUT2D eigenvalue weighted by Crippen LogP contribution is 2.40. The van der Waals surface area contributed by atoms with Crippen LogP contribution in [0.5, 0.6) is 5.75 Å². The maximum atomic E-state index is 6.04. The van der Waals surface area contributed by atoms with Crippen LogP contribution in [0.25, 0.3) is 10.2 Å². The molecule has 4 aromatic rings. The van der Waals surface area contributed by atoms with Crippen LogP contribution < -0.4 is 10.1 Å². The van der Waals surface area contributed by atoms with Crippen molar-refractivity contribution in [2.75, 3.05) is 25.0 Å². The van der Waals surface area contributed by atoms with E-state index < -0.39 is 0 Å². The first-order chi connectivity index (χ1) is 18.4. The molecule has 6 rings (SSSR count). The molecular weight excluding hydrogens is 496 g/mol. The van der Waals surface area contributed by atoms with Crippen molar-refractivity contribution in [1.82, 2.24) is 24.4 Å². The van der Waals surface area contributed by atoms with Gasteiger partial charge in [0.15, 0.2) is 0 Å². The molecule has 1 N–H and O–H groups in total. The van der Waals surface area contributed by atoms with E-state index in [9.17, 15) is 0 Å². The number of fused-ring (bicyclic) bond motifs is 3. The number of hydrogen-bond acceptors (Lipinski definition) is 8. The molecule has 0 bridgehead atoms. The summed E-state index contributed by atoms with van der Waals surface area (Å²) in [4.78, 5) is 18.4. The first-order valence-corrected chi connectivity index (χ1v) is 14.3. The second kappa shape index (κ2) is 10.6. The van der Waals surface area contributed by atoms with E-state index >= 15 is 0 Å². The first kappa shape index (κ1) is 25.3. The summed E-state index contributed by atoms with van der Waals surface area (Å²) < 4.78 is 14.2. The Bertz CT molecular complexity index is 1410. The number of aryl methyl sites for hydroxylation is 1. The second-order valence-electron chi connectivity index (χ2n) is 11.0. The number of likely N-dealkylation sites (tertiary alicyclic amines) is 1. The van der Waals surface area contributed by atoms with E-state index in [4.69, 9.17) is 9.47 Å². The highest BCUT2D eigenvalue weighted by molar-refractivity contribution is 7.18. The number of imidazole rings is 1. The van der Waals surface area contributed by atoms with E-state index in [1.54, 1.807) is 17.7 Å². The molecule has 0 atom stereocenters. The Morgan fingerprint density at radius 1 is 1.18 bits per heavy atom. The number of nitrogens with zero attached hydrogens (tertiary/aromatic N) is 5. The first-order valence-electron chi connectivity index (χ1n) is 13.5. The minimum atomic E-state index is -0.152. The van der Waals surface area contributed by atoms with Gasteiger partial charge in [0.1, 0.15) is 35.2 Å². The molecule has 2 aliphatic rings. The molecule has 1 fully saturated rings. The van der Waals surface area contributed by atoms with Crippen LogP contribution >= 0.6 is 11.3 Å². The van der Waals surface area contributed by atoms with Crippen molar-refractivity contribution in [3.63, 3.8) is 0 Å². The topological polar surface area (TPSA) is 77.3 Å². The van der Waals surface area contributed by atoms with Gasteiger partial charge in [0.25, 0.3) is 0 Å². The van der Waals surface area contributed by atoms with Crippen LogP contribution in [0.3, 0.4) is 0 Å². The minimum absolute atomic E-state index is 0.152. The number of ether oxygens (including phenoxy) is 2. The summed E-state index contributed by atoms with van der Waals surface area (Å²) in [6, 6.07) is 8.91. The van der Waals surface area contributed by atoms with Gasteiger partial charge in [-0.15, -0.1) is 11.3 Å². The van der Waals surface area contributed by atoms with E-state index in [0.717, 1.165) is 67.7 Å². The van der Waals surface area contributed by atoms with E-state index in [0.29, 0.717) is 19.3 Å². The molecule has 0 amide bonds. The Morgan fingerprint density at radius 3 is 2.87 bits per heavy atom. The van der Waals surface area contributed by atoms with Gasteiger partial charge < -0.3 is 19.4 Å². The fourth-order valence-electron chi connectivity index (χ4n) is 5.51. The van der Waals surface area contributed by atoms with Gasteiger partial charge in [0.2, 0.25) is 0 Å². The molecule has 0 radical (unpaired) electrons. The number of aromatic nitrogens is 4. The molecule has 38 heavy (non-hydrogen) atoms. The zero-order chi connectivity index (χ0) is 26.1. The Labute approximate surface area is 228 Å². The van der Waals surface area contributed by atoms with Gasteiger partial charge in [0, 0.05) is 49.4 Å². The Kier molecular flexibility index (Phi) is 7.07. The highest BCUT2D eigenvalue weighted by Gasteiger charge is 2.31. The molecule has 0 unspecified atom stereocenters. The largest absolute Gasteiger partial charge is 0.492 e. The SMILES string of the molecule is Cc1nccn1CCOc1cccc(CN2CCC(Nc3ncnc4sc5c(c34)CC(C)(C)OC5)CC2)c1. The third-order valence-electron chi connectivity index (χ3n) is 7.62. The Hall–Kier alpha value is -3.01. The molecule has 3 aromatic heterocycles. The Balaban J connectivity index is 1.04. The van der Waals surface area contributed by atoms with Gasteiger partial charge in [0.05, 0.1) is 24.1 Å². The average molecular weight is 533 g/mol. The number of piperidine rings is 1. The van der Waals surface area contributed by atoms with Crippen LogP contribution in [0.1, 0.15) is 48.5 Å². The summed E-state index contributed by atoms with van der Waals surface area (Å²) in [6.45, 7) is 11.5. The lowest BCUT2D eigenvalue weighted by atomic mass is 9.94. The molecule has 2 aliphatic heterocycles. The summed E-state index contributed by atoms with van der Waals surface area (Å²) in [5, 5.41) is 4.98. The Morgan fingerprint density at radius 2 is 2.05 bits per heavy atom. The molecule has 0 spiro atoms. The van der Waals surface area contributed by atoms with Gasteiger partial charge in [-0.3, -0.25) is 4.90 Å². The van der Waals surface area contributed by atoms with Gasteiger partial charge in [-0.2, -0.15) is 0 Å². The van der Waals surface area contributed by atoms with Crippen molar-refractivity contribution in [1.29, 1.82) is 0 Å². The lowest BCUT2D eigenvalue weighted by Crippen LogP contribution is -2.38. The summed E-state index contributed by atoms with van der Waals surface area (Å²) in [7, 11) is 0. The molecular formula is C29H36N6O2S. The minimum Gasteiger partial charge on any atom is -0.492 e. The lowest BCUT2D eigenvalue weighted by Gasteiger charge is -2.33. The van der Waals surface area contributed by atoms with Crippen LogP contribution in [0.4, 0.5) is 5.82 Å². The smallest absolute Gasteiger partial charge is 0.138 e. The summed E-state index contributed by atoms with van der Waals surface area (Å²) in [5.41, 5.74) is 2.50. The average Bonchev–Trinajstić information content (AvgIpc) is 3.48. The maximum Gasteiger partial charge on any atom is 0.138 e. The zero-order valence-corrected chi connectivity index (χ0v) is 23.3. The third-order valence-corrected chi connectivity index (χ3v) is 8.74. The summed E-state index contributed by atoms with van der Waals surface area (Å²) in [5.74, 6) is 2.93. The molecule has 8 nitrogen and oxygen atoms in total. The number of anilines is 1. The molecule has 9 heteroatoms. The van der Waals surface area contributed by atoms with Gasteiger partial charge in [-0.05, 0) is 56.9 Å². The number of thiophene rings is 1. The van der Waals surface area contributed by atoms with Gasteiger partial charge >= 0.3 is 0 Å². The molecule has 5 heterocycles. The molecule has 1 aromatic carbocycles. The molecule has 200 valence electrons. The van der Waals surface area contributed by atoms with Crippen LogP contribution in [0.2, 0.25) is 0 Å².